The molecule has 0 heterocycles. The lowest BCUT2D eigenvalue weighted by atomic mass is 9.69. The lowest BCUT2D eigenvalue weighted by Gasteiger charge is -2.40. The van der Waals surface area contributed by atoms with Crippen molar-refractivity contribution in [1.29, 1.82) is 0 Å². The molecule has 1 atom stereocenters. The monoisotopic (exact) mass is 205 g/mol. The zero-order valence-corrected chi connectivity index (χ0v) is 9.46. The van der Waals surface area contributed by atoms with E-state index in [-0.39, 0.29) is 5.41 Å². The van der Waals surface area contributed by atoms with E-state index in [1.165, 1.54) is 11.1 Å². The second-order valence-corrected chi connectivity index (χ2v) is 5.00. The number of benzene rings is 1. The summed E-state index contributed by atoms with van der Waals surface area (Å²) in [7, 11) is 0. The maximum Gasteiger partial charge on any atom is 0.0700 e. The van der Waals surface area contributed by atoms with Crippen molar-refractivity contribution < 1.29 is 5.11 Å². The third kappa shape index (κ3) is 1.40. The van der Waals surface area contributed by atoms with Gasteiger partial charge < -0.3 is 10.8 Å². The van der Waals surface area contributed by atoms with E-state index in [0.717, 1.165) is 12.8 Å². The molecule has 2 nitrogen and oxygen atoms in total. The quantitative estimate of drug-likeness (QED) is 0.770. The van der Waals surface area contributed by atoms with E-state index in [0.29, 0.717) is 6.54 Å². The summed E-state index contributed by atoms with van der Waals surface area (Å²) in [5.41, 5.74) is 7.47. The first-order chi connectivity index (χ1) is 7.01. The molecule has 2 heteroatoms. The van der Waals surface area contributed by atoms with Crippen molar-refractivity contribution in [3.63, 3.8) is 0 Å². The first-order valence-corrected chi connectivity index (χ1v) is 5.52. The molecule has 1 unspecified atom stereocenters. The lowest BCUT2D eigenvalue weighted by molar-refractivity contribution is -0.00303. The Labute approximate surface area is 91.1 Å². The first-order valence-electron chi connectivity index (χ1n) is 5.52. The molecule has 15 heavy (non-hydrogen) atoms. The second kappa shape index (κ2) is 3.32. The summed E-state index contributed by atoms with van der Waals surface area (Å²) in [6.07, 6.45) is 1.98. The number of fused-ring (bicyclic) bond motifs is 1. The average Bonchev–Trinajstić information content (AvgIpc) is 2.56. The summed E-state index contributed by atoms with van der Waals surface area (Å²) < 4.78 is 0. The van der Waals surface area contributed by atoms with Crippen LogP contribution < -0.4 is 5.73 Å². The van der Waals surface area contributed by atoms with Crippen LogP contribution in [0.25, 0.3) is 0 Å². The average molecular weight is 205 g/mol. The standard InChI is InChI=1S/C13H19NO/c1-12(2,15)13(9-14)8-7-10-5-3-4-6-11(10)13/h3-6,15H,7-9,14H2,1-2H3. The number of aliphatic hydroxyl groups is 1. The van der Waals surface area contributed by atoms with E-state index >= 15 is 0 Å². The fourth-order valence-corrected chi connectivity index (χ4v) is 2.79. The van der Waals surface area contributed by atoms with Gasteiger partial charge in [-0.2, -0.15) is 0 Å². The SMILES string of the molecule is CC(C)(O)C1(CN)CCc2ccccc21. The van der Waals surface area contributed by atoms with Crippen molar-refractivity contribution in [3.05, 3.63) is 35.4 Å². The summed E-state index contributed by atoms with van der Waals surface area (Å²) in [5.74, 6) is 0. The van der Waals surface area contributed by atoms with E-state index in [1.54, 1.807) is 0 Å². The van der Waals surface area contributed by atoms with Crippen LogP contribution in [-0.2, 0) is 11.8 Å². The van der Waals surface area contributed by atoms with Gasteiger partial charge in [0.05, 0.1) is 5.60 Å². The number of nitrogens with two attached hydrogens (primary N) is 1. The summed E-state index contributed by atoms with van der Waals surface area (Å²) in [6, 6.07) is 8.32. The molecule has 0 aliphatic heterocycles. The Kier molecular flexibility index (Phi) is 2.36. The molecule has 0 radical (unpaired) electrons. The lowest BCUT2D eigenvalue weighted by Crippen LogP contribution is -2.51. The van der Waals surface area contributed by atoms with Crippen LogP contribution in [0.5, 0.6) is 0 Å². The van der Waals surface area contributed by atoms with Crippen molar-refractivity contribution in [2.24, 2.45) is 5.73 Å². The summed E-state index contributed by atoms with van der Waals surface area (Å²) in [6.45, 7) is 4.23. The van der Waals surface area contributed by atoms with Crippen LogP contribution >= 0.6 is 0 Å². The van der Waals surface area contributed by atoms with Gasteiger partial charge in [0, 0.05) is 12.0 Å². The summed E-state index contributed by atoms with van der Waals surface area (Å²) >= 11 is 0. The zero-order valence-electron chi connectivity index (χ0n) is 9.46. The number of hydrogen-bond acceptors (Lipinski definition) is 2. The number of rotatable bonds is 2. The van der Waals surface area contributed by atoms with Gasteiger partial charge in [0.15, 0.2) is 0 Å². The van der Waals surface area contributed by atoms with Crippen LogP contribution in [0.3, 0.4) is 0 Å². The molecule has 1 aliphatic rings. The topological polar surface area (TPSA) is 46.2 Å². The molecule has 1 aliphatic carbocycles. The van der Waals surface area contributed by atoms with Gasteiger partial charge in [-0.25, -0.2) is 0 Å². The minimum absolute atomic E-state index is 0.260. The van der Waals surface area contributed by atoms with E-state index in [9.17, 15) is 5.11 Å². The van der Waals surface area contributed by atoms with E-state index < -0.39 is 5.60 Å². The molecule has 0 spiro atoms. The molecule has 0 fully saturated rings. The molecule has 0 aromatic heterocycles. The first kappa shape index (κ1) is 10.7. The molecule has 1 aromatic rings. The Morgan fingerprint density at radius 2 is 2.07 bits per heavy atom. The second-order valence-electron chi connectivity index (χ2n) is 5.00. The van der Waals surface area contributed by atoms with Crippen molar-refractivity contribution in [3.8, 4) is 0 Å². The van der Waals surface area contributed by atoms with Crippen LogP contribution in [0.1, 0.15) is 31.4 Å². The Bertz CT molecular complexity index is 367. The minimum atomic E-state index is -0.756. The highest BCUT2D eigenvalue weighted by Gasteiger charge is 2.47. The normalized spacial score (nSPS) is 25.3. The molecular weight excluding hydrogens is 186 g/mol. The van der Waals surface area contributed by atoms with Crippen molar-refractivity contribution >= 4 is 0 Å². The molecular formula is C13H19NO. The van der Waals surface area contributed by atoms with Gasteiger partial charge >= 0.3 is 0 Å². The van der Waals surface area contributed by atoms with Gasteiger partial charge in [-0.1, -0.05) is 24.3 Å². The highest BCUT2D eigenvalue weighted by molar-refractivity contribution is 5.42. The Hall–Kier alpha value is -0.860. The van der Waals surface area contributed by atoms with Crippen LogP contribution in [-0.4, -0.2) is 17.3 Å². The van der Waals surface area contributed by atoms with Gasteiger partial charge in [-0.05, 0) is 37.8 Å². The Morgan fingerprint density at radius 3 is 2.67 bits per heavy atom. The zero-order chi connectivity index (χ0) is 11.1. The summed E-state index contributed by atoms with van der Waals surface area (Å²) in [5, 5.41) is 10.3. The molecule has 0 amide bonds. The highest BCUT2D eigenvalue weighted by atomic mass is 16.3. The Morgan fingerprint density at radius 1 is 1.40 bits per heavy atom. The maximum atomic E-state index is 10.3. The fourth-order valence-electron chi connectivity index (χ4n) is 2.79. The van der Waals surface area contributed by atoms with Crippen LogP contribution in [0, 0.1) is 0 Å². The number of aryl methyl sites for hydroxylation is 1. The van der Waals surface area contributed by atoms with Crippen molar-refractivity contribution in [1.82, 2.24) is 0 Å². The smallest absolute Gasteiger partial charge is 0.0700 e. The molecule has 0 bridgehead atoms. The molecule has 82 valence electrons. The predicted molar refractivity (Wildman–Crippen MR) is 61.8 cm³/mol. The fraction of sp³-hybridized carbons (Fsp3) is 0.538. The van der Waals surface area contributed by atoms with Crippen molar-refractivity contribution in [2.45, 2.75) is 37.7 Å². The minimum Gasteiger partial charge on any atom is -0.389 e. The van der Waals surface area contributed by atoms with E-state index in [2.05, 4.69) is 18.2 Å². The van der Waals surface area contributed by atoms with E-state index in [1.807, 2.05) is 19.9 Å². The molecule has 0 saturated heterocycles. The van der Waals surface area contributed by atoms with Gasteiger partial charge in [-0.15, -0.1) is 0 Å². The van der Waals surface area contributed by atoms with Crippen LogP contribution in [0.15, 0.2) is 24.3 Å². The highest BCUT2D eigenvalue weighted by Crippen LogP contribution is 2.45. The third-order valence-electron chi connectivity index (χ3n) is 3.87. The Balaban J connectivity index is 2.56. The summed E-state index contributed by atoms with van der Waals surface area (Å²) in [4.78, 5) is 0. The molecule has 3 N–H and O–H groups in total. The van der Waals surface area contributed by atoms with Gasteiger partial charge in [0.25, 0.3) is 0 Å². The molecule has 2 rings (SSSR count). The van der Waals surface area contributed by atoms with Crippen molar-refractivity contribution in [2.75, 3.05) is 6.54 Å². The largest absolute Gasteiger partial charge is 0.389 e. The molecule has 0 saturated carbocycles. The van der Waals surface area contributed by atoms with Crippen LogP contribution in [0.2, 0.25) is 0 Å². The van der Waals surface area contributed by atoms with Crippen LogP contribution in [0.4, 0.5) is 0 Å². The maximum absolute atomic E-state index is 10.3. The third-order valence-corrected chi connectivity index (χ3v) is 3.87. The van der Waals surface area contributed by atoms with Gasteiger partial charge in [-0.3, -0.25) is 0 Å². The molecule has 1 aromatic carbocycles. The van der Waals surface area contributed by atoms with Gasteiger partial charge in [0.1, 0.15) is 0 Å². The predicted octanol–water partition coefficient (Wildman–Crippen LogP) is 1.60. The number of hydrogen-bond donors (Lipinski definition) is 2. The van der Waals surface area contributed by atoms with Gasteiger partial charge in [0.2, 0.25) is 0 Å². The van der Waals surface area contributed by atoms with E-state index in [4.69, 9.17) is 5.73 Å².